The zero-order chi connectivity index (χ0) is 32.0. The smallest absolute Gasteiger partial charge is 0.433 e. The van der Waals surface area contributed by atoms with E-state index < -0.39 is 60.4 Å². The largest absolute Gasteiger partial charge is 0.494 e. The number of fused-ring (bicyclic) bond motifs is 1. The van der Waals surface area contributed by atoms with Crippen LogP contribution in [0.15, 0.2) is 46.9 Å². The molecule has 2 heterocycles. The molecule has 0 aliphatic heterocycles. The molecule has 44 heavy (non-hydrogen) atoms. The summed E-state index contributed by atoms with van der Waals surface area (Å²) in [6.45, 7) is 0.811. The van der Waals surface area contributed by atoms with Gasteiger partial charge < -0.3 is 29.6 Å². The van der Waals surface area contributed by atoms with Crippen molar-refractivity contribution >= 4 is 22.9 Å². The van der Waals surface area contributed by atoms with Crippen molar-refractivity contribution < 1.29 is 50.5 Å². The van der Waals surface area contributed by atoms with E-state index in [4.69, 9.17) is 13.9 Å². The quantitative estimate of drug-likeness (QED) is 0.144. The molecule has 2 aromatic carbocycles. The van der Waals surface area contributed by atoms with Crippen LogP contribution in [0.2, 0.25) is 0 Å². The molecule has 0 bridgehead atoms. The van der Waals surface area contributed by atoms with Gasteiger partial charge in [-0.3, -0.25) is 4.79 Å². The highest BCUT2D eigenvalue weighted by Crippen LogP contribution is 2.37. The number of rotatable bonds is 11. The van der Waals surface area contributed by atoms with E-state index in [-0.39, 0.29) is 46.0 Å². The lowest BCUT2D eigenvalue weighted by Gasteiger charge is -2.15. The van der Waals surface area contributed by atoms with Crippen molar-refractivity contribution in [1.82, 2.24) is 20.6 Å². The first-order chi connectivity index (χ1) is 21.0. The fraction of sp³-hybridized carbons (Fsp3) is 0.310. The number of halogens is 5. The van der Waals surface area contributed by atoms with Crippen LogP contribution in [0.25, 0.3) is 22.4 Å². The van der Waals surface area contributed by atoms with Crippen molar-refractivity contribution in [2.45, 2.75) is 38.5 Å². The van der Waals surface area contributed by atoms with Crippen molar-refractivity contribution in [2.24, 2.45) is 0 Å². The zero-order valence-electron chi connectivity index (χ0n) is 23.4. The third-order valence-corrected chi connectivity index (χ3v) is 6.41. The minimum Gasteiger partial charge on any atom is -0.494 e. The van der Waals surface area contributed by atoms with Crippen molar-refractivity contribution in [1.29, 1.82) is 0 Å². The molecule has 15 heteroatoms. The summed E-state index contributed by atoms with van der Waals surface area (Å²) < 4.78 is 83.8. The van der Waals surface area contributed by atoms with E-state index in [1.165, 1.54) is 19.2 Å². The number of carbonyl (C=O) groups excluding carboxylic acids is 2. The number of alkyl halides is 3. The van der Waals surface area contributed by atoms with Gasteiger partial charge in [0, 0.05) is 29.1 Å². The zero-order valence-corrected chi connectivity index (χ0v) is 23.4. The topological polar surface area (TPSA) is 136 Å². The number of nitrogens with zero attached hydrogens (tertiary/aromatic N) is 2. The number of aliphatic hydroxyl groups excluding tert-OH is 1. The van der Waals surface area contributed by atoms with Gasteiger partial charge in [-0.25, -0.2) is 23.5 Å². The minimum atomic E-state index is -4.74. The molecule has 0 aliphatic rings. The molecule has 0 radical (unpaired) electrons. The summed E-state index contributed by atoms with van der Waals surface area (Å²) in [5.74, 6) is -3.22. The van der Waals surface area contributed by atoms with Crippen LogP contribution in [0.4, 0.5) is 26.7 Å². The summed E-state index contributed by atoms with van der Waals surface area (Å²) in [5.41, 5.74) is -1.72. The number of hydrogen-bond acceptors (Lipinski definition) is 8. The van der Waals surface area contributed by atoms with Gasteiger partial charge in [-0.2, -0.15) is 13.2 Å². The maximum Gasteiger partial charge on any atom is 0.433 e. The van der Waals surface area contributed by atoms with Gasteiger partial charge in [0.2, 0.25) is 5.89 Å². The second-order valence-electron chi connectivity index (χ2n) is 9.43. The SMILES string of the molecule is CCCCOC(=O)N[C@@H](CO)c1oc(-c2ccc(OC)c3nc(C(F)(F)F)ccc23)nc1C(=O)NCc1ccc(F)cc1F. The third-order valence-electron chi connectivity index (χ3n) is 6.41. The van der Waals surface area contributed by atoms with E-state index in [0.29, 0.717) is 12.5 Å². The van der Waals surface area contributed by atoms with Crippen LogP contribution >= 0.6 is 0 Å². The van der Waals surface area contributed by atoms with Crippen LogP contribution in [-0.4, -0.2) is 47.4 Å². The van der Waals surface area contributed by atoms with E-state index in [2.05, 4.69) is 20.6 Å². The Balaban J connectivity index is 1.77. The molecule has 2 aromatic heterocycles. The Kier molecular flexibility index (Phi) is 9.98. The molecule has 3 N–H and O–H groups in total. The van der Waals surface area contributed by atoms with Gasteiger partial charge >= 0.3 is 12.3 Å². The Bertz CT molecular complexity index is 1660. The lowest BCUT2D eigenvalue weighted by atomic mass is 10.1. The van der Waals surface area contributed by atoms with Gasteiger partial charge in [-0.15, -0.1) is 0 Å². The second kappa shape index (κ2) is 13.7. The standard InChI is InChI=1S/C29H27F5N4O6/c1-3-4-11-43-28(41)36-20(14-39)25-24(26(40)35-13-15-5-6-16(30)12-19(15)31)38-27(44-25)18-7-9-21(42-2)23-17(18)8-10-22(37-23)29(32,33)34/h5-10,12,20,39H,3-4,11,13-14H2,1-2H3,(H,35,40)(H,36,41)/t20-/m0/s1. The van der Waals surface area contributed by atoms with Gasteiger partial charge in [-0.05, 0) is 36.8 Å². The van der Waals surface area contributed by atoms with Crippen LogP contribution < -0.4 is 15.4 Å². The second-order valence-corrected chi connectivity index (χ2v) is 9.43. The lowest BCUT2D eigenvalue weighted by Crippen LogP contribution is -2.33. The van der Waals surface area contributed by atoms with Crippen LogP contribution in [0, 0.1) is 11.6 Å². The molecule has 1 atom stereocenters. The Hall–Kier alpha value is -4.79. The first kappa shape index (κ1) is 32.1. The molecule has 4 aromatic rings. The highest BCUT2D eigenvalue weighted by Gasteiger charge is 2.34. The fourth-order valence-electron chi connectivity index (χ4n) is 4.16. The molecule has 0 unspecified atom stereocenters. The Labute approximate surface area is 247 Å². The Morgan fingerprint density at radius 2 is 1.86 bits per heavy atom. The van der Waals surface area contributed by atoms with Crippen LogP contribution in [0.1, 0.15) is 53.3 Å². The number of unbranched alkanes of at least 4 members (excludes halogenated alkanes) is 1. The number of aliphatic hydroxyl groups is 1. The number of aromatic nitrogens is 2. The number of benzene rings is 2. The molecule has 0 aliphatic carbocycles. The number of carbonyl (C=O) groups is 2. The molecular formula is C29H27F5N4O6. The van der Waals surface area contributed by atoms with Crippen LogP contribution in [0.5, 0.6) is 5.75 Å². The van der Waals surface area contributed by atoms with E-state index in [1.54, 1.807) is 0 Å². The lowest BCUT2D eigenvalue weighted by molar-refractivity contribution is -0.140. The summed E-state index contributed by atoms with van der Waals surface area (Å²) in [6.07, 6.45) is -4.34. The van der Waals surface area contributed by atoms with E-state index in [9.17, 15) is 36.6 Å². The number of pyridine rings is 1. The third kappa shape index (κ3) is 7.22. The minimum absolute atomic E-state index is 0.0191. The summed E-state index contributed by atoms with van der Waals surface area (Å²) in [4.78, 5) is 33.6. The van der Waals surface area contributed by atoms with Crippen molar-refractivity contribution in [3.63, 3.8) is 0 Å². The average molecular weight is 623 g/mol. The van der Waals surface area contributed by atoms with Gasteiger partial charge in [0.1, 0.15) is 34.6 Å². The molecular weight excluding hydrogens is 595 g/mol. The monoisotopic (exact) mass is 622 g/mol. The van der Waals surface area contributed by atoms with Crippen molar-refractivity contribution in [2.75, 3.05) is 20.3 Å². The molecule has 0 saturated heterocycles. The molecule has 0 saturated carbocycles. The molecule has 0 fully saturated rings. The van der Waals surface area contributed by atoms with Crippen molar-refractivity contribution in [3.8, 4) is 17.2 Å². The molecule has 4 rings (SSSR count). The predicted molar refractivity (Wildman–Crippen MR) is 146 cm³/mol. The maximum atomic E-state index is 14.2. The predicted octanol–water partition coefficient (Wildman–Crippen LogP) is 5.69. The Morgan fingerprint density at radius 1 is 1.09 bits per heavy atom. The van der Waals surface area contributed by atoms with Crippen molar-refractivity contribution in [3.05, 3.63) is 76.8 Å². The number of alkyl carbamates (subject to hydrolysis) is 1. The molecule has 2 amide bonds. The summed E-state index contributed by atoms with van der Waals surface area (Å²) in [7, 11) is 1.25. The van der Waals surface area contributed by atoms with E-state index >= 15 is 0 Å². The van der Waals surface area contributed by atoms with E-state index in [1.807, 2.05) is 6.92 Å². The van der Waals surface area contributed by atoms with Gasteiger partial charge in [-0.1, -0.05) is 19.4 Å². The number of oxazole rings is 1. The number of methoxy groups -OCH3 is 1. The summed E-state index contributed by atoms with van der Waals surface area (Å²) >= 11 is 0. The van der Waals surface area contributed by atoms with Crippen LogP contribution in [-0.2, 0) is 17.5 Å². The highest BCUT2D eigenvalue weighted by molar-refractivity contribution is 5.98. The van der Waals surface area contributed by atoms with Gasteiger partial charge in [0.25, 0.3) is 5.91 Å². The summed E-state index contributed by atoms with van der Waals surface area (Å²) in [5, 5.41) is 15.0. The van der Waals surface area contributed by atoms with Gasteiger partial charge in [0.05, 0.1) is 20.3 Å². The molecule has 0 spiro atoms. The number of hydrogen-bond donors (Lipinski definition) is 3. The normalized spacial score (nSPS) is 12.2. The first-order valence-corrected chi connectivity index (χ1v) is 13.3. The number of amides is 2. The number of nitrogens with one attached hydrogen (secondary N) is 2. The average Bonchev–Trinajstić information content (AvgIpc) is 3.43. The van der Waals surface area contributed by atoms with E-state index in [0.717, 1.165) is 30.7 Å². The summed E-state index contributed by atoms with van der Waals surface area (Å²) in [6, 6.07) is 6.07. The van der Waals surface area contributed by atoms with Crippen LogP contribution in [0.3, 0.4) is 0 Å². The molecule has 234 valence electrons. The fourth-order valence-corrected chi connectivity index (χ4v) is 4.16. The molecule has 10 nitrogen and oxygen atoms in total. The highest BCUT2D eigenvalue weighted by atomic mass is 19.4. The first-order valence-electron chi connectivity index (χ1n) is 13.3. The Morgan fingerprint density at radius 3 is 2.52 bits per heavy atom. The maximum absolute atomic E-state index is 14.2. The van der Waals surface area contributed by atoms with Gasteiger partial charge in [0.15, 0.2) is 11.5 Å². The number of ether oxygens (including phenoxy) is 2.